The maximum Gasteiger partial charge on any atom is 0.236 e. The zero-order chi connectivity index (χ0) is 15.2. The van der Waals surface area contributed by atoms with E-state index in [4.69, 9.17) is 4.74 Å². The van der Waals surface area contributed by atoms with Crippen molar-refractivity contribution in [3.8, 4) is 0 Å². The third kappa shape index (κ3) is 4.28. The number of ether oxygens (including phenoxy) is 1. The van der Waals surface area contributed by atoms with Crippen molar-refractivity contribution >= 4 is 5.91 Å². The quantitative estimate of drug-likeness (QED) is 0.852. The summed E-state index contributed by atoms with van der Waals surface area (Å²) in [4.78, 5) is 14.2. The Balaban J connectivity index is 1.78. The number of nitrogens with one attached hydrogen (secondary N) is 1. The second-order valence-electron chi connectivity index (χ2n) is 5.64. The first kappa shape index (κ1) is 16.0. The van der Waals surface area contributed by atoms with E-state index in [1.165, 1.54) is 0 Å². The third-order valence-corrected chi connectivity index (χ3v) is 4.19. The lowest BCUT2D eigenvalue weighted by molar-refractivity contribution is -0.138. The summed E-state index contributed by atoms with van der Waals surface area (Å²) in [5.74, 6) is 0.149. The predicted molar refractivity (Wildman–Crippen MR) is 81.0 cm³/mol. The van der Waals surface area contributed by atoms with E-state index in [2.05, 4.69) is 31.2 Å². The number of hydrogen-bond acceptors (Lipinski definition) is 4. The average Bonchev–Trinajstić information content (AvgIpc) is 3.05. The van der Waals surface area contributed by atoms with Gasteiger partial charge in [0.15, 0.2) is 0 Å². The van der Waals surface area contributed by atoms with Gasteiger partial charge < -0.3 is 15.0 Å². The van der Waals surface area contributed by atoms with Crippen molar-refractivity contribution in [2.75, 3.05) is 26.2 Å². The van der Waals surface area contributed by atoms with Crippen LogP contribution in [0.2, 0.25) is 0 Å². The molecule has 1 aromatic heterocycles. The standard InChI is InChI=1S/C15H26N4O2/c1-4-14-11-18(8-9-21-14)15(20)10-16-12(2)13(3)19-7-5-6-17-19/h5-7,12-14,16H,4,8-11H2,1-3H3/t12-,13-,14+/m0/s1. The maximum absolute atomic E-state index is 12.3. The Bertz CT molecular complexity index is 435. The zero-order valence-electron chi connectivity index (χ0n) is 13.2. The molecule has 0 aliphatic carbocycles. The fraction of sp³-hybridized carbons (Fsp3) is 0.733. The maximum atomic E-state index is 12.3. The van der Waals surface area contributed by atoms with Gasteiger partial charge in [0.25, 0.3) is 0 Å². The van der Waals surface area contributed by atoms with Gasteiger partial charge in [0, 0.05) is 31.5 Å². The van der Waals surface area contributed by atoms with Crippen LogP contribution in [0, 0.1) is 0 Å². The zero-order valence-corrected chi connectivity index (χ0v) is 13.2. The van der Waals surface area contributed by atoms with Crippen molar-refractivity contribution in [3.63, 3.8) is 0 Å². The molecule has 0 saturated carbocycles. The number of aromatic nitrogens is 2. The van der Waals surface area contributed by atoms with Crippen molar-refractivity contribution in [3.05, 3.63) is 18.5 Å². The molecule has 118 valence electrons. The Morgan fingerprint density at radius 2 is 2.33 bits per heavy atom. The molecule has 0 spiro atoms. The molecule has 0 unspecified atom stereocenters. The van der Waals surface area contributed by atoms with Crippen LogP contribution in [0.5, 0.6) is 0 Å². The van der Waals surface area contributed by atoms with Crippen LogP contribution >= 0.6 is 0 Å². The van der Waals surface area contributed by atoms with Gasteiger partial charge in [-0.05, 0) is 26.3 Å². The lowest BCUT2D eigenvalue weighted by Crippen LogP contribution is -2.49. The first-order valence-corrected chi connectivity index (χ1v) is 7.73. The lowest BCUT2D eigenvalue weighted by atomic mass is 10.1. The van der Waals surface area contributed by atoms with Crippen molar-refractivity contribution in [2.24, 2.45) is 0 Å². The first-order chi connectivity index (χ1) is 10.1. The van der Waals surface area contributed by atoms with Crippen LogP contribution in [0.15, 0.2) is 18.5 Å². The van der Waals surface area contributed by atoms with Gasteiger partial charge in [-0.3, -0.25) is 9.48 Å². The highest BCUT2D eigenvalue weighted by molar-refractivity contribution is 5.78. The average molecular weight is 294 g/mol. The van der Waals surface area contributed by atoms with Crippen LogP contribution in [0.3, 0.4) is 0 Å². The molecule has 1 aliphatic rings. The predicted octanol–water partition coefficient (Wildman–Crippen LogP) is 1.06. The molecule has 1 N–H and O–H groups in total. The Morgan fingerprint density at radius 3 is 3.00 bits per heavy atom. The number of nitrogens with zero attached hydrogens (tertiary/aromatic N) is 3. The van der Waals surface area contributed by atoms with E-state index in [-0.39, 0.29) is 24.1 Å². The minimum Gasteiger partial charge on any atom is -0.375 e. The molecule has 0 radical (unpaired) electrons. The van der Waals surface area contributed by atoms with Gasteiger partial charge >= 0.3 is 0 Å². The Labute approximate surface area is 126 Å². The van der Waals surface area contributed by atoms with Gasteiger partial charge in [-0.25, -0.2) is 0 Å². The summed E-state index contributed by atoms with van der Waals surface area (Å²) in [6.45, 7) is 8.67. The molecule has 3 atom stereocenters. The van der Waals surface area contributed by atoms with Crippen molar-refractivity contribution in [1.82, 2.24) is 20.0 Å². The number of amides is 1. The minimum absolute atomic E-state index is 0.149. The summed E-state index contributed by atoms with van der Waals surface area (Å²) in [5, 5.41) is 7.55. The van der Waals surface area contributed by atoms with E-state index < -0.39 is 0 Å². The second-order valence-corrected chi connectivity index (χ2v) is 5.64. The molecule has 6 nitrogen and oxygen atoms in total. The minimum atomic E-state index is 0.149. The van der Waals surface area contributed by atoms with Crippen LogP contribution in [-0.2, 0) is 9.53 Å². The smallest absolute Gasteiger partial charge is 0.236 e. The number of carbonyl (C=O) groups excluding carboxylic acids is 1. The molecule has 2 heterocycles. The molecule has 21 heavy (non-hydrogen) atoms. The van der Waals surface area contributed by atoms with Crippen molar-refractivity contribution in [2.45, 2.75) is 45.4 Å². The molecule has 1 saturated heterocycles. The summed E-state index contributed by atoms with van der Waals surface area (Å²) in [6.07, 6.45) is 4.85. The number of carbonyl (C=O) groups is 1. The molecule has 0 bridgehead atoms. The lowest BCUT2D eigenvalue weighted by Gasteiger charge is -2.33. The van der Waals surface area contributed by atoms with Crippen molar-refractivity contribution in [1.29, 1.82) is 0 Å². The molecule has 1 aliphatic heterocycles. The van der Waals surface area contributed by atoms with Gasteiger partial charge in [0.1, 0.15) is 0 Å². The SMILES string of the molecule is CC[C@@H]1CN(C(=O)CN[C@@H](C)[C@H](C)n2cccn2)CCO1. The van der Waals surface area contributed by atoms with Crippen LogP contribution in [0.1, 0.15) is 33.2 Å². The van der Waals surface area contributed by atoms with E-state index in [0.29, 0.717) is 26.2 Å². The molecule has 1 aromatic rings. The molecular formula is C15H26N4O2. The van der Waals surface area contributed by atoms with Gasteiger partial charge in [0.2, 0.25) is 5.91 Å². The van der Waals surface area contributed by atoms with Crippen LogP contribution in [0.25, 0.3) is 0 Å². The fourth-order valence-corrected chi connectivity index (χ4v) is 2.47. The van der Waals surface area contributed by atoms with Crippen molar-refractivity contribution < 1.29 is 9.53 Å². The highest BCUT2D eigenvalue weighted by Gasteiger charge is 2.23. The number of hydrogen-bond donors (Lipinski definition) is 1. The summed E-state index contributed by atoms with van der Waals surface area (Å²) in [6, 6.07) is 2.30. The summed E-state index contributed by atoms with van der Waals surface area (Å²) in [5.41, 5.74) is 0. The fourth-order valence-electron chi connectivity index (χ4n) is 2.47. The molecule has 6 heteroatoms. The topological polar surface area (TPSA) is 59.4 Å². The van der Waals surface area contributed by atoms with Crippen LogP contribution < -0.4 is 5.32 Å². The third-order valence-electron chi connectivity index (χ3n) is 4.19. The largest absolute Gasteiger partial charge is 0.375 e. The van der Waals surface area contributed by atoms with E-state index in [9.17, 15) is 4.79 Å². The van der Waals surface area contributed by atoms with E-state index >= 15 is 0 Å². The summed E-state index contributed by atoms with van der Waals surface area (Å²) in [7, 11) is 0. The summed E-state index contributed by atoms with van der Waals surface area (Å²) < 4.78 is 7.50. The molecule has 1 amide bonds. The number of morpholine rings is 1. The monoisotopic (exact) mass is 294 g/mol. The Morgan fingerprint density at radius 1 is 1.52 bits per heavy atom. The molecular weight excluding hydrogens is 268 g/mol. The van der Waals surface area contributed by atoms with Gasteiger partial charge in [0.05, 0.1) is 25.3 Å². The van der Waals surface area contributed by atoms with E-state index in [1.54, 1.807) is 6.20 Å². The van der Waals surface area contributed by atoms with E-state index in [1.807, 2.05) is 21.8 Å². The van der Waals surface area contributed by atoms with Crippen LogP contribution in [0.4, 0.5) is 0 Å². The highest BCUT2D eigenvalue weighted by Crippen LogP contribution is 2.10. The normalized spacial score (nSPS) is 22.0. The number of rotatable bonds is 6. The van der Waals surface area contributed by atoms with Gasteiger partial charge in [-0.1, -0.05) is 6.92 Å². The summed E-state index contributed by atoms with van der Waals surface area (Å²) >= 11 is 0. The van der Waals surface area contributed by atoms with Gasteiger partial charge in [-0.15, -0.1) is 0 Å². The molecule has 1 fully saturated rings. The highest BCUT2D eigenvalue weighted by atomic mass is 16.5. The Kier molecular flexibility index (Phi) is 5.76. The van der Waals surface area contributed by atoms with E-state index in [0.717, 1.165) is 6.42 Å². The second kappa shape index (κ2) is 7.56. The van der Waals surface area contributed by atoms with Gasteiger partial charge in [-0.2, -0.15) is 5.10 Å². The Hall–Kier alpha value is -1.40. The van der Waals surface area contributed by atoms with Crippen LogP contribution in [-0.4, -0.2) is 59.0 Å². The first-order valence-electron chi connectivity index (χ1n) is 7.73. The molecule has 0 aromatic carbocycles. The molecule has 2 rings (SSSR count).